The third-order valence-electron chi connectivity index (χ3n) is 5.35. The lowest BCUT2D eigenvalue weighted by Crippen LogP contribution is -1.96. The first-order valence-electron chi connectivity index (χ1n) is 9.26. The largest absolute Gasteiger partial charge is 0.309 e. The standard InChI is InChI=1S/C25H21N/c1-17(2)22-16-24-25(20-13-7-6-12-19(20)22)21-14-8-9-15-23(21)26(24)18-10-4-3-5-11-18/h3-17H,1-2H3. The van der Waals surface area contributed by atoms with Crippen LogP contribution in [-0.4, -0.2) is 4.57 Å². The summed E-state index contributed by atoms with van der Waals surface area (Å²) in [5.74, 6) is 0.478. The number of hydrogen-bond donors (Lipinski definition) is 0. The molecule has 0 unspecified atom stereocenters. The summed E-state index contributed by atoms with van der Waals surface area (Å²) in [5, 5.41) is 5.38. The second-order valence-electron chi connectivity index (χ2n) is 7.25. The number of benzene rings is 4. The number of para-hydroxylation sites is 2. The summed E-state index contributed by atoms with van der Waals surface area (Å²) in [6.45, 7) is 4.56. The van der Waals surface area contributed by atoms with E-state index in [1.165, 1.54) is 43.8 Å². The average molecular weight is 335 g/mol. The summed E-state index contributed by atoms with van der Waals surface area (Å²) in [6.07, 6.45) is 0. The first-order chi connectivity index (χ1) is 12.8. The van der Waals surface area contributed by atoms with Crippen molar-refractivity contribution in [2.24, 2.45) is 0 Å². The van der Waals surface area contributed by atoms with Gasteiger partial charge in [-0.05, 0) is 46.5 Å². The normalized spacial score (nSPS) is 11.8. The van der Waals surface area contributed by atoms with Gasteiger partial charge in [0.15, 0.2) is 0 Å². The van der Waals surface area contributed by atoms with Crippen molar-refractivity contribution in [3.63, 3.8) is 0 Å². The zero-order chi connectivity index (χ0) is 17.7. The number of aromatic nitrogens is 1. The van der Waals surface area contributed by atoms with Gasteiger partial charge in [-0.3, -0.25) is 0 Å². The van der Waals surface area contributed by atoms with Gasteiger partial charge in [0.1, 0.15) is 0 Å². The highest BCUT2D eigenvalue weighted by molar-refractivity contribution is 6.22. The molecule has 0 spiro atoms. The first-order valence-corrected chi connectivity index (χ1v) is 9.26. The minimum Gasteiger partial charge on any atom is -0.309 e. The summed E-state index contributed by atoms with van der Waals surface area (Å²) in [4.78, 5) is 0. The van der Waals surface area contributed by atoms with Gasteiger partial charge in [0.05, 0.1) is 11.0 Å². The van der Waals surface area contributed by atoms with Crippen molar-refractivity contribution in [1.82, 2.24) is 4.57 Å². The Balaban J connectivity index is 2.08. The molecule has 5 rings (SSSR count). The lowest BCUT2D eigenvalue weighted by Gasteiger charge is -2.13. The molecule has 1 aromatic heterocycles. The molecule has 0 radical (unpaired) electrons. The SMILES string of the molecule is CC(C)c1cc2c(c3ccccc13)c1ccccc1n2-c1ccccc1. The van der Waals surface area contributed by atoms with Crippen LogP contribution in [0.1, 0.15) is 25.3 Å². The van der Waals surface area contributed by atoms with Crippen molar-refractivity contribution >= 4 is 32.6 Å². The Kier molecular flexibility index (Phi) is 3.36. The van der Waals surface area contributed by atoms with Gasteiger partial charge in [-0.15, -0.1) is 0 Å². The van der Waals surface area contributed by atoms with Crippen LogP contribution < -0.4 is 0 Å². The monoisotopic (exact) mass is 335 g/mol. The topological polar surface area (TPSA) is 4.93 Å². The molecular weight excluding hydrogens is 314 g/mol. The highest BCUT2D eigenvalue weighted by Crippen LogP contribution is 2.39. The van der Waals surface area contributed by atoms with Gasteiger partial charge in [0.2, 0.25) is 0 Å². The molecule has 0 amide bonds. The van der Waals surface area contributed by atoms with Crippen LogP contribution in [0.2, 0.25) is 0 Å². The molecule has 4 aromatic carbocycles. The highest BCUT2D eigenvalue weighted by Gasteiger charge is 2.17. The highest BCUT2D eigenvalue weighted by atomic mass is 15.0. The summed E-state index contributed by atoms with van der Waals surface area (Å²) < 4.78 is 2.41. The molecule has 26 heavy (non-hydrogen) atoms. The maximum atomic E-state index is 2.41. The molecule has 0 N–H and O–H groups in total. The van der Waals surface area contributed by atoms with E-state index in [1.807, 2.05) is 0 Å². The zero-order valence-electron chi connectivity index (χ0n) is 15.1. The molecule has 1 heteroatoms. The Hall–Kier alpha value is -3.06. The minimum atomic E-state index is 0.478. The van der Waals surface area contributed by atoms with Crippen LogP contribution in [0.15, 0.2) is 84.9 Å². The third-order valence-corrected chi connectivity index (χ3v) is 5.35. The first kappa shape index (κ1) is 15.2. The Morgan fingerprint density at radius 2 is 1.23 bits per heavy atom. The summed E-state index contributed by atoms with van der Waals surface area (Å²) >= 11 is 0. The van der Waals surface area contributed by atoms with E-state index in [4.69, 9.17) is 0 Å². The molecule has 0 bridgehead atoms. The van der Waals surface area contributed by atoms with E-state index < -0.39 is 0 Å². The smallest absolute Gasteiger partial charge is 0.0550 e. The van der Waals surface area contributed by atoms with Crippen LogP contribution in [0.25, 0.3) is 38.3 Å². The van der Waals surface area contributed by atoms with Crippen molar-refractivity contribution in [3.8, 4) is 5.69 Å². The number of fused-ring (bicyclic) bond motifs is 5. The van der Waals surface area contributed by atoms with Crippen molar-refractivity contribution in [1.29, 1.82) is 0 Å². The van der Waals surface area contributed by atoms with E-state index in [0.717, 1.165) is 0 Å². The Labute approximate surface area is 153 Å². The van der Waals surface area contributed by atoms with E-state index in [-0.39, 0.29) is 0 Å². The number of rotatable bonds is 2. The molecule has 0 aliphatic heterocycles. The van der Waals surface area contributed by atoms with E-state index in [1.54, 1.807) is 0 Å². The molecule has 5 aromatic rings. The fourth-order valence-corrected chi connectivity index (χ4v) is 4.19. The second-order valence-corrected chi connectivity index (χ2v) is 7.25. The molecular formula is C25H21N. The molecule has 0 fully saturated rings. The molecule has 1 nitrogen and oxygen atoms in total. The molecule has 0 aliphatic rings. The van der Waals surface area contributed by atoms with E-state index in [9.17, 15) is 0 Å². The van der Waals surface area contributed by atoms with Crippen LogP contribution in [0, 0.1) is 0 Å². The summed E-state index contributed by atoms with van der Waals surface area (Å²) in [7, 11) is 0. The second kappa shape index (κ2) is 5.74. The van der Waals surface area contributed by atoms with Crippen LogP contribution in [0.3, 0.4) is 0 Å². The summed E-state index contributed by atoms with van der Waals surface area (Å²) in [6, 6.07) is 30.7. The van der Waals surface area contributed by atoms with Gasteiger partial charge in [0.25, 0.3) is 0 Å². The molecule has 126 valence electrons. The predicted octanol–water partition coefficient (Wildman–Crippen LogP) is 7.06. The maximum Gasteiger partial charge on any atom is 0.0550 e. The van der Waals surface area contributed by atoms with Crippen LogP contribution in [-0.2, 0) is 0 Å². The minimum absolute atomic E-state index is 0.478. The van der Waals surface area contributed by atoms with Crippen molar-refractivity contribution in [2.75, 3.05) is 0 Å². The molecule has 0 atom stereocenters. The number of nitrogens with zero attached hydrogens (tertiary/aromatic N) is 1. The van der Waals surface area contributed by atoms with E-state index in [2.05, 4.69) is 103 Å². The summed E-state index contributed by atoms with van der Waals surface area (Å²) in [5.41, 5.74) is 5.18. The van der Waals surface area contributed by atoms with Gasteiger partial charge >= 0.3 is 0 Å². The lowest BCUT2D eigenvalue weighted by atomic mass is 9.93. The van der Waals surface area contributed by atoms with Crippen molar-refractivity contribution in [3.05, 3.63) is 90.5 Å². The maximum absolute atomic E-state index is 2.41. The van der Waals surface area contributed by atoms with E-state index >= 15 is 0 Å². The third kappa shape index (κ3) is 2.10. The van der Waals surface area contributed by atoms with Crippen molar-refractivity contribution < 1.29 is 0 Å². The van der Waals surface area contributed by atoms with E-state index in [0.29, 0.717) is 5.92 Å². The van der Waals surface area contributed by atoms with Gasteiger partial charge in [-0.1, -0.05) is 74.5 Å². The van der Waals surface area contributed by atoms with Crippen molar-refractivity contribution in [2.45, 2.75) is 19.8 Å². The quantitative estimate of drug-likeness (QED) is 0.325. The fourth-order valence-electron chi connectivity index (χ4n) is 4.19. The fraction of sp³-hybridized carbons (Fsp3) is 0.120. The Morgan fingerprint density at radius 3 is 1.96 bits per heavy atom. The van der Waals surface area contributed by atoms with Gasteiger partial charge in [0, 0.05) is 16.5 Å². The van der Waals surface area contributed by atoms with Gasteiger partial charge < -0.3 is 4.57 Å². The van der Waals surface area contributed by atoms with Crippen LogP contribution in [0.4, 0.5) is 0 Å². The molecule has 1 heterocycles. The molecule has 0 saturated carbocycles. The van der Waals surface area contributed by atoms with Crippen LogP contribution >= 0.6 is 0 Å². The predicted molar refractivity (Wildman–Crippen MR) is 112 cm³/mol. The molecule has 0 aliphatic carbocycles. The molecule has 0 saturated heterocycles. The average Bonchev–Trinajstić information content (AvgIpc) is 3.02. The van der Waals surface area contributed by atoms with Crippen LogP contribution in [0.5, 0.6) is 0 Å². The lowest BCUT2D eigenvalue weighted by molar-refractivity contribution is 0.877. The Bertz CT molecular complexity index is 1240. The van der Waals surface area contributed by atoms with Gasteiger partial charge in [-0.2, -0.15) is 0 Å². The Morgan fingerprint density at radius 1 is 0.615 bits per heavy atom. The van der Waals surface area contributed by atoms with Gasteiger partial charge in [-0.25, -0.2) is 0 Å². The number of hydrogen-bond acceptors (Lipinski definition) is 0. The zero-order valence-corrected chi connectivity index (χ0v) is 15.1.